The Morgan fingerprint density at radius 3 is 2.15 bits per heavy atom. The van der Waals surface area contributed by atoms with Crippen LogP contribution in [-0.2, 0) is 7.05 Å². The summed E-state index contributed by atoms with van der Waals surface area (Å²) in [6.45, 7) is 2.06. The number of aryl methyl sites for hydroxylation is 2. The molecule has 0 saturated carbocycles. The number of hydrogen-bond donors (Lipinski definition) is 0. The molecule has 0 aliphatic rings. The number of halogens is 1. The molecular formula is C17H15FN2. The Labute approximate surface area is 117 Å². The second-order valence-electron chi connectivity index (χ2n) is 4.91. The standard InChI is InChI=1S/C17H15FN2/c1-12-3-5-13(6-4-12)16-11-17(20(2)19-16)14-7-9-15(18)10-8-14/h3-11H,1-2H3. The number of benzene rings is 2. The lowest BCUT2D eigenvalue weighted by molar-refractivity contribution is 0.628. The van der Waals surface area contributed by atoms with Gasteiger partial charge in [-0.15, -0.1) is 0 Å². The van der Waals surface area contributed by atoms with E-state index in [2.05, 4.69) is 36.3 Å². The maximum absolute atomic E-state index is 13.0. The van der Waals surface area contributed by atoms with Crippen molar-refractivity contribution in [1.29, 1.82) is 0 Å². The second kappa shape index (κ2) is 4.93. The Morgan fingerprint density at radius 2 is 1.50 bits per heavy atom. The van der Waals surface area contributed by atoms with Crippen molar-refractivity contribution in [3.63, 3.8) is 0 Å². The molecule has 0 aliphatic carbocycles. The van der Waals surface area contributed by atoms with Crippen molar-refractivity contribution in [3.8, 4) is 22.5 Å². The Balaban J connectivity index is 2.02. The van der Waals surface area contributed by atoms with Crippen LogP contribution in [0, 0.1) is 12.7 Å². The predicted molar refractivity (Wildman–Crippen MR) is 78.8 cm³/mol. The molecule has 100 valence electrons. The van der Waals surface area contributed by atoms with Crippen molar-refractivity contribution in [2.45, 2.75) is 6.92 Å². The molecule has 2 nitrogen and oxygen atoms in total. The monoisotopic (exact) mass is 266 g/mol. The summed E-state index contributed by atoms with van der Waals surface area (Å²) >= 11 is 0. The molecule has 2 aromatic carbocycles. The summed E-state index contributed by atoms with van der Waals surface area (Å²) < 4.78 is 14.8. The molecule has 0 aliphatic heterocycles. The first-order valence-corrected chi connectivity index (χ1v) is 6.50. The third-order valence-electron chi connectivity index (χ3n) is 3.37. The lowest BCUT2D eigenvalue weighted by Crippen LogP contribution is -1.93. The van der Waals surface area contributed by atoms with Gasteiger partial charge in [0.05, 0.1) is 11.4 Å². The highest BCUT2D eigenvalue weighted by Gasteiger charge is 2.09. The Hall–Kier alpha value is -2.42. The largest absolute Gasteiger partial charge is 0.267 e. The smallest absolute Gasteiger partial charge is 0.123 e. The first-order chi connectivity index (χ1) is 9.63. The van der Waals surface area contributed by atoms with E-state index in [-0.39, 0.29) is 5.82 Å². The van der Waals surface area contributed by atoms with Gasteiger partial charge in [-0.2, -0.15) is 5.10 Å². The summed E-state index contributed by atoms with van der Waals surface area (Å²) in [5.41, 5.74) is 5.16. The molecule has 1 aromatic heterocycles. The quantitative estimate of drug-likeness (QED) is 0.679. The number of hydrogen-bond acceptors (Lipinski definition) is 1. The molecular weight excluding hydrogens is 251 g/mol. The first-order valence-electron chi connectivity index (χ1n) is 6.50. The molecule has 0 atom stereocenters. The van der Waals surface area contributed by atoms with Crippen LogP contribution in [0.5, 0.6) is 0 Å². The highest BCUT2D eigenvalue weighted by Crippen LogP contribution is 2.25. The van der Waals surface area contributed by atoms with Gasteiger partial charge in [0, 0.05) is 12.6 Å². The fourth-order valence-corrected chi connectivity index (χ4v) is 2.22. The third kappa shape index (κ3) is 2.35. The zero-order valence-corrected chi connectivity index (χ0v) is 11.5. The molecule has 0 N–H and O–H groups in total. The van der Waals surface area contributed by atoms with E-state index in [1.807, 2.05) is 17.8 Å². The summed E-state index contributed by atoms with van der Waals surface area (Å²) in [7, 11) is 1.90. The Morgan fingerprint density at radius 1 is 0.900 bits per heavy atom. The zero-order valence-electron chi connectivity index (χ0n) is 11.5. The maximum Gasteiger partial charge on any atom is 0.123 e. The SMILES string of the molecule is Cc1ccc(-c2cc(-c3ccc(F)cc3)n(C)n2)cc1. The molecule has 1 heterocycles. The number of aromatic nitrogens is 2. The van der Waals surface area contributed by atoms with Crippen LogP contribution < -0.4 is 0 Å². The van der Waals surface area contributed by atoms with Crippen molar-refractivity contribution in [2.75, 3.05) is 0 Å². The van der Waals surface area contributed by atoms with E-state index in [9.17, 15) is 4.39 Å². The van der Waals surface area contributed by atoms with Crippen LogP contribution in [0.25, 0.3) is 22.5 Å². The predicted octanol–water partition coefficient (Wildman–Crippen LogP) is 4.20. The van der Waals surface area contributed by atoms with E-state index in [4.69, 9.17) is 0 Å². The van der Waals surface area contributed by atoms with Gasteiger partial charge in [0.1, 0.15) is 5.82 Å². The summed E-state index contributed by atoms with van der Waals surface area (Å²) in [5.74, 6) is -0.227. The van der Waals surface area contributed by atoms with Gasteiger partial charge in [-0.3, -0.25) is 4.68 Å². The Bertz CT molecular complexity index is 725. The van der Waals surface area contributed by atoms with E-state index in [0.717, 1.165) is 22.5 Å². The third-order valence-corrected chi connectivity index (χ3v) is 3.37. The van der Waals surface area contributed by atoms with E-state index < -0.39 is 0 Å². The Kier molecular flexibility index (Phi) is 3.11. The molecule has 0 amide bonds. The van der Waals surface area contributed by atoms with Gasteiger partial charge in [0.15, 0.2) is 0 Å². The molecule has 3 aromatic rings. The fourth-order valence-electron chi connectivity index (χ4n) is 2.22. The fraction of sp³-hybridized carbons (Fsp3) is 0.118. The molecule has 0 bridgehead atoms. The maximum atomic E-state index is 13.0. The average molecular weight is 266 g/mol. The minimum atomic E-state index is -0.227. The van der Waals surface area contributed by atoms with Crippen molar-refractivity contribution in [1.82, 2.24) is 9.78 Å². The summed E-state index contributed by atoms with van der Waals surface area (Å²) in [4.78, 5) is 0. The topological polar surface area (TPSA) is 17.8 Å². The molecule has 0 spiro atoms. The summed E-state index contributed by atoms with van der Waals surface area (Å²) in [6, 6.07) is 16.8. The zero-order chi connectivity index (χ0) is 14.1. The minimum Gasteiger partial charge on any atom is -0.267 e. The number of nitrogens with zero attached hydrogens (tertiary/aromatic N) is 2. The van der Waals surface area contributed by atoms with Gasteiger partial charge in [-0.25, -0.2) is 4.39 Å². The van der Waals surface area contributed by atoms with Crippen LogP contribution >= 0.6 is 0 Å². The van der Waals surface area contributed by atoms with Gasteiger partial charge >= 0.3 is 0 Å². The van der Waals surface area contributed by atoms with Gasteiger partial charge in [0.25, 0.3) is 0 Å². The van der Waals surface area contributed by atoms with Crippen molar-refractivity contribution < 1.29 is 4.39 Å². The molecule has 0 unspecified atom stereocenters. The lowest BCUT2D eigenvalue weighted by Gasteiger charge is -2.00. The van der Waals surface area contributed by atoms with E-state index in [1.165, 1.54) is 17.7 Å². The lowest BCUT2D eigenvalue weighted by atomic mass is 10.1. The van der Waals surface area contributed by atoms with Gasteiger partial charge < -0.3 is 0 Å². The van der Waals surface area contributed by atoms with Crippen molar-refractivity contribution >= 4 is 0 Å². The summed E-state index contributed by atoms with van der Waals surface area (Å²) in [6.07, 6.45) is 0. The van der Waals surface area contributed by atoms with Crippen LogP contribution in [0.2, 0.25) is 0 Å². The summed E-state index contributed by atoms with van der Waals surface area (Å²) in [5, 5.41) is 4.53. The van der Waals surface area contributed by atoms with Crippen LogP contribution in [0.4, 0.5) is 4.39 Å². The second-order valence-corrected chi connectivity index (χ2v) is 4.91. The minimum absolute atomic E-state index is 0.227. The molecule has 20 heavy (non-hydrogen) atoms. The van der Waals surface area contributed by atoms with E-state index >= 15 is 0 Å². The van der Waals surface area contributed by atoms with Crippen LogP contribution in [0.1, 0.15) is 5.56 Å². The van der Waals surface area contributed by atoms with Crippen molar-refractivity contribution in [2.24, 2.45) is 7.05 Å². The highest BCUT2D eigenvalue weighted by molar-refractivity contribution is 5.68. The number of rotatable bonds is 2. The average Bonchev–Trinajstić information content (AvgIpc) is 2.82. The normalized spacial score (nSPS) is 10.8. The van der Waals surface area contributed by atoms with Crippen LogP contribution in [-0.4, -0.2) is 9.78 Å². The van der Waals surface area contributed by atoms with E-state index in [0.29, 0.717) is 0 Å². The van der Waals surface area contributed by atoms with Gasteiger partial charge in [-0.1, -0.05) is 29.8 Å². The molecule has 0 radical (unpaired) electrons. The first kappa shape index (κ1) is 12.6. The van der Waals surface area contributed by atoms with Gasteiger partial charge in [-0.05, 0) is 42.8 Å². The molecule has 3 heteroatoms. The molecule has 0 fully saturated rings. The van der Waals surface area contributed by atoms with Crippen LogP contribution in [0.3, 0.4) is 0 Å². The van der Waals surface area contributed by atoms with Crippen molar-refractivity contribution in [3.05, 3.63) is 66.0 Å². The van der Waals surface area contributed by atoms with Crippen LogP contribution in [0.15, 0.2) is 54.6 Å². The molecule has 0 saturated heterocycles. The van der Waals surface area contributed by atoms with Gasteiger partial charge in [0.2, 0.25) is 0 Å². The van der Waals surface area contributed by atoms with E-state index in [1.54, 1.807) is 12.1 Å². The molecule has 3 rings (SSSR count). The highest BCUT2D eigenvalue weighted by atomic mass is 19.1.